The second kappa shape index (κ2) is 16.5. The average molecular weight is 387 g/mol. The van der Waals surface area contributed by atoms with Crippen LogP contribution < -0.4 is 0 Å². The normalized spacial score (nSPS) is 24.1. The Bertz CT molecular complexity index is 361. The lowest BCUT2D eigenvalue weighted by Crippen LogP contribution is -2.40. The molecule has 0 aromatic carbocycles. The van der Waals surface area contributed by atoms with Crippen molar-refractivity contribution in [2.45, 2.75) is 108 Å². The van der Waals surface area contributed by atoms with Gasteiger partial charge in [0.25, 0.3) is 0 Å². The van der Waals surface area contributed by atoms with Gasteiger partial charge in [0.15, 0.2) is 0 Å². The van der Waals surface area contributed by atoms with Crippen LogP contribution in [0.5, 0.6) is 0 Å². The number of aliphatic hydroxyl groups excluding tert-OH is 3. The smallest absolute Gasteiger partial charge is 0.114 e. The van der Waals surface area contributed by atoms with Crippen molar-refractivity contribution in [3.63, 3.8) is 0 Å². The van der Waals surface area contributed by atoms with Gasteiger partial charge in [0.05, 0.1) is 13.2 Å². The first-order valence-electron chi connectivity index (χ1n) is 11.0. The molecule has 0 unspecified atom stereocenters. The van der Waals surface area contributed by atoms with E-state index in [1.807, 2.05) is 0 Å². The highest BCUT2D eigenvalue weighted by Crippen LogP contribution is 2.18. The van der Waals surface area contributed by atoms with Crippen LogP contribution in [-0.4, -0.2) is 59.6 Å². The Balaban J connectivity index is 1.82. The van der Waals surface area contributed by atoms with Crippen molar-refractivity contribution in [2.75, 3.05) is 19.8 Å². The van der Waals surface area contributed by atoms with Gasteiger partial charge >= 0.3 is 0 Å². The van der Waals surface area contributed by atoms with E-state index in [4.69, 9.17) is 9.47 Å². The summed E-state index contributed by atoms with van der Waals surface area (Å²) in [6.07, 6.45) is 16.1. The lowest BCUT2D eigenvalue weighted by Gasteiger charge is -2.20. The Morgan fingerprint density at radius 3 is 2.11 bits per heavy atom. The molecular formula is C22H42O5. The maximum atomic E-state index is 9.92. The number of unbranched alkanes of at least 4 members (excludes halogenated alkanes) is 10. The first kappa shape index (κ1) is 24.6. The van der Waals surface area contributed by atoms with E-state index in [1.54, 1.807) is 0 Å². The van der Waals surface area contributed by atoms with Crippen LogP contribution in [-0.2, 0) is 9.47 Å². The summed E-state index contributed by atoms with van der Waals surface area (Å²) in [5.41, 5.74) is 0. The van der Waals surface area contributed by atoms with Crippen LogP contribution in [0, 0.1) is 0 Å². The molecule has 5 nitrogen and oxygen atoms in total. The van der Waals surface area contributed by atoms with Crippen molar-refractivity contribution in [3.05, 3.63) is 12.2 Å². The summed E-state index contributed by atoms with van der Waals surface area (Å²) in [6.45, 7) is 3.06. The summed E-state index contributed by atoms with van der Waals surface area (Å²) < 4.78 is 10.6. The summed E-state index contributed by atoms with van der Waals surface area (Å²) in [5.74, 6) is 0. The molecule has 1 rings (SSSR count). The van der Waals surface area contributed by atoms with Crippen molar-refractivity contribution in [1.29, 1.82) is 0 Å². The molecule has 0 bridgehead atoms. The summed E-state index contributed by atoms with van der Waals surface area (Å²) >= 11 is 0. The Hall–Kier alpha value is -0.460. The molecule has 0 aliphatic carbocycles. The molecule has 0 spiro atoms. The van der Waals surface area contributed by atoms with Gasteiger partial charge in [-0.3, -0.25) is 0 Å². The molecule has 0 amide bonds. The molecule has 160 valence electrons. The molecule has 3 N–H and O–H groups in total. The number of allylic oxidation sites excluding steroid dienone is 2. The van der Waals surface area contributed by atoms with Gasteiger partial charge in [-0.15, -0.1) is 0 Å². The van der Waals surface area contributed by atoms with Crippen molar-refractivity contribution < 1.29 is 24.8 Å². The first-order chi connectivity index (χ1) is 13.2. The average Bonchev–Trinajstić information content (AvgIpc) is 3.00. The maximum absolute atomic E-state index is 9.92. The monoisotopic (exact) mass is 386 g/mol. The van der Waals surface area contributed by atoms with Crippen LogP contribution in [0.4, 0.5) is 0 Å². The third-order valence-electron chi connectivity index (χ3n) is 5.16. The Morgan fingerprint density at radius 1 is 0.926 bits per heavy atom. The van der Waals surface area contributed by atoms with Crippen molar-refractivity contribution in [1.82, 2.24) is 0 Å². The van der Waals surface area contributed by atoms with Crippen molar-refractivity contribution in [3.8, 4) is 0 Å². The fraction of sp³-hybridized carbons (Fsp3) is 0.909. The highest BCUT2D eigenvalue weighted by Gasteiger charge is 2.39. The van der Waals surface area contributed by atoms with Gasteiger partial charge in [0.2, 0.25) is 0 Å². The SMILES string of the molecule is CCCCCCCC/C=C/CCCCCCOC[C@@H](O)[C@H]1OC[C@H](O)[C@H]1O. The number of aliphatic hydroxyl groups is 3. The molecule has 5 heteroatoms. The quantitative estimate of drug-likeness (QED) is 0.262. The minimum atomic E-state index is -1.03. The number of hydrogen-bond acceptors (Lipinski definition) is 5. The third-order valence-corrected chi connectivity index (χ3v) is 5.16. The van der Waals surface area contributed by atoms with Crippen molar-refractivity contribution >= 4 is 0 Å². The van der Waals surface area contributed by atoms with Crippen LogP contribution in [0.15, 0.2) is 12.2 Å². The molecule has 0 radical (unpaired) electrons. The molecule has 0 saturated carbocycles. The van der Waals surface area contributed by atoms with E-state index < -0.39 is 24.4 Å². The molecular weight excluding hydrogens is 344 g/mol. The minimum Gasteiger partial charge on any atom is -0.388 e. The maximum Gasteiger partial charge on any atom is 0.114 e. The molecule has 1 heterocycles. The number of hydrogen-bond donors (Lipinski definition) is 3. The van der Waals surface area contributed by atoms with E-state index in [0.29, 0.717) is 6.61 Å². The largest absolute Gasteiger partial charge is 0.388 e. The minimum absolute atomic E-state index is 0.0658. The van der Waals surface area contributed by atoms with E-state index in [0.717, 1.165) is 19.3 Å². The van der Waals surface area contributed by atoms with Gasteiger partial charge in [-0.05, 0) is 32.1 Å². The number of rotatable bonds is 17. The third kappa shape index (κ3) is 11.9. The van der Waals surface area contributed by atoms with Gasteiger partial charge in [0.1, 0.15) is 24.4 Å². The van der Waals surface area contributed by atoms with Gasteiger partial charge in [-0.25, -0.2) is 0 Å². The summed E-state index contributed by atoms with van der Waals surface area (Å²) in [6, 6.07) is 0. The molecule has 1 aliphatic rings. The predicted molar refractivity (Wildman–Crippen MR) is 109 cm³/mol. The van der Waals surface area contributed by atoms with Crippen LogP contribution in [0.1, 0.15) is 84.0 Å². The summed E-state index contributed by atoms with van der Waals surface area (Å²) in [4.78, 5) is 0. The zero-order valence-electron chi connectivity index (χ0n) is 17.2. The topological polar surface area (TPSA) is 79.2 Å². The molecule has 1 aliphatic heterocycles. The van der Waals surface area contributed by atoms with Gasteiger partial charge in [0, 0.05) is 6.61 Å². The summed E-state index contributed by atoms with van der Waals surface area (Å²) in [7, 11) is 0. The zero-order chi connectivity index (χ0) is 19.7. The van der Waals surface area contributed by atoms with E-state index in [2.05, 4.69) is 19.1 Å². The molecule has 27 heavy (non-hydrogen) atoms. The van der Waals surface area contributed by atoms with Gasteiger partial charge < -0.3 is 24.8 Å². The molecule has 4 atom stereocenters. The fourth-order valence-corrected chi connectivity index (χ4v) is 3.36. The molecule has 0 aromatic heterocycles. The lowest BCUT2D eigenvalue weighted by molar-refractivity contribution is -0.0813. The van der Waals surface area contributed by atoms with Crippen LogP contribution in [0.3, 0.4) is 0 Å². The first-order valence-corrected chi connectivity index (χ1v) is 11.0. The Morgan fingerprint density at radius 2 is 1.52 bits per heavy atom. The predicted octanol–water partition coefficient (Wildman–Crippen LogP) is 3.74. The molecule has 0 aromatic rings. The molecule has 1 saturated heterocycles. The lowest BCUT2D eigenvalue weighted by atomic mass is 10.1. The van der Waals surface area contributed by atoms with Crippen LogP contribution in [0.25, 0.3) is 0 Å². The van der Waals surface area contributed by atoms with E-state index >= 15 is 0 Å². The second-order valence-corrected chi connectivity index (χ2v) is 7.73. The standard InChI is InChI=1S/C22H42O5/c1-2-3-4-5-6-7-8-9-10-11-12-13-14-15-16-26-17-20(24)22-21(25)19(23)18-27-22/h9-10,19-25H,2-8,11-18H2,1H3/b10-9+/t19-,20+,21+,22+/m0/s1. The van der Waals surface area contributed by atoms with E-state index in [-0.39, 0.29) is 13.2 Å². The summed E-state index contributed by atoms with van der Waals surface area (Å²) in [5, 5.41) is 29.0. The van der Waals surface area contributed by atoms with Crippen LogP contribution in [0.2, 0.25) is 0 Å². The highest BCUT2D eigenvalue weighted by atomic mass is 16.5. The fourth-order valence-electron chi connectivity index (χ4n) is 3.36. The second-order valence-electron chi connectivity index (χ2n) is 7.73. The van der Waals surface area contributed by atoms with E-state index in [9.17, 15) is 15.3 Å². The Labute approximate surface area is 165 Å². The Kier molecular flexibility index (Phi) is 15.0. The van der Waals surface area contributed by atoms with Gasteiger partial charge in [-0.1, -0.05) is 64.0 Å². The van der Waals surface area contributed by atoms with E-state index in [1.165, 1.54) is 57.8 Å². The molecule has 1 fully saturated rings. The van der Waals surface area contributed by atoms with Crippen LogP contribution >= 0.6 is 0 Å². The zero-order valence-corrected chi connectivity index (χ0v) is 17.2. The van der Waals surface area contributed by atoms with Gasteiger partial charge in [-0.2, -0.15) is 0 Å². The van der Waals surface area contributed by atoms with Crippen molar-refractivity contribution in [2.24, 2.45) is 0 Å². The highest BCUT2D eigenvalue weighted by molar-refractivity contribution is 4.87. The number of ether oxygens (including phenoxy) is 2.